The van der Waals surface area contributed by atoms with Gasteiger partial charge in [0.2, 0.25) is 0 Å². The van der Waals surface area contributed by atoms with Crippen LogP contribution in [0.5, 0.6) is 5.75 Å². The maximum absolute atomic E-state index is 5.53. The van der Waals surface area contributed by atoms with E-state index < -0.39 is 0 Å². The molecule has 0 amide bonds. The summed E-state index contributed by atoms with van der Waals surface area (Å²) in [5.41, 5.74) is 2.26. The van der Waals surface area contributed by atoms with Gasteiger partial charge in [-0.3, -0.25) is 0 Å². The van der Waals surface area contributed by atoms with Crippen molar-refractivity contribution >= 4 is 35.0 Å². The Balaban J connectivity index is 2.13. The van der Waals surface area contributed by atoms with Crippen LogP contribution in [0.1, 0.15) is 25.3 Å². The minimum Gasteiger partial charge on any atom is -0.497 e. The number of thioether (sulfide) groups is 1. The van der Waals surface area contributed by atoms with Crippen LogP contribution in [-0.2, 0) is 0 Å². The summed E-state index contributed by atoms with van der Waals surface area (Å²) < 4.78 is 8.40. The van der Waals surface area contributed by atoms with Gasteiger partial charge in [0.25, 0.3) is 0 Å². The van der Waals surface area contributed by atoms with Crippen LogP contribution in [0, 0.1) is 4.77 Å². The highest BCUT2D eigenvalue weighted by Crippen LogP contribution is 2.39. The van der Waals surface area contributed by atoms with Gasteiger partial charge in [0.15, 0.2) is 4.77 Å². The zero-order valence-corrected chi connectivity index (χ0v) is 12.8. The summed E-state index contributed by atoms with van der Waals surface area (Å²) in [6, 6.07) is 6.65. The molecule has 1 heterocycles. The van der Waals surface area contributed by atoms with Gasteiger partial charge >= 0.3 is 0 Å². The molecule has 0 aliphatic heterocycles. The number of H-pyrrole nitrogens is 1. The van der Waals surface area contributed by atoms with Crippen molar-refractivity contribution in [3.63, 3.8) is 0 Å². The molecule has 1 aromatic heterocycles. The van der Waals surface area contributed by atoms with Gasteiger partial charge in [-0.25, -0.2) is 0 Å². The van der Waals surface area contributed by atoms with Crippen LogP contribution in [0.15, 0.2) is 18.2 Å². The first-order valence-electron chi connectivity index (χ1n) is 6.55. The molecule has 5 heteroatoms. The molecule has 1 fully saturated rings. The molecule has 2 aromatic rings. The quantitative estimate of drug-likeness (QED) is 0.862. The molecular formula is C14H18N2OS2. The monoisotopic (exact) mass is 294 g/mol. The van der Waals surface area contributed by atoms with Crippen molar-refractivity contribution in [2.75, 3.05) is 13.4 Å². The van der Waals surface area contributed by atoms with Crippen molar-refractivity contribution in [1.29, 1.82) is 0 Å². The number of benzene rings is 1. The largest absolute Gasteiger partial charge is 0.497 e. The Morgan fingerprint density at radius 2 is 2.26 bits per heavy atom. The third kappa shape index (κ3) is 2.19. The number of ether oxygens (including phenoxy) is 1. The van der Waals surface area contributed by atoms with Crippen LogP contribution in [0.2, 0.25) is 0 Å². The average Bonchev–Trinajstić information content (AvgIpc) is 2.99. The molecule has 1 saturated carbocycles. The molecule has 1 aromatic carbocycles. The van der Waals surface area contributed by atoms with Crippen LogP contribution in [-0.4, -0.2) is 28.2 Å². The highest BCUT2D eigenvalue weighted by Gasteiger charge is 2.29. The molecule has 2 atom stereocenters. The van der Waals surface area contributed by atoms with E-state index in [-0.39, 0.29) is 0 Å². The fraction of sp³-hybridized carbons (Fsp3) is 0.500. The van der Waals surface area contributed by atoms with Gasteiger partial charge < -0.3 is 14.3 Å². The maximum Gasteiger partial charge on any atom is 0.178 e. The zero-order chi connectivity index (χ0) is 13.4. The summed E-state index contributed by atoms with van der Waals surface area (Å²) in [6.45, 7) is 0. The van der Waals surface area contributed by atoms with Crippen molar-refractivity contribution in [3.05, 3.63) is 23.0 Å². The first kappa shape index (κ1) is 13.1. The minimum absolute atomic E-state index is 0.518. The highest BCUT2D eigenvalue weighted by molar-refractivity contribution is 7.99. The summed E-state index contributed by atoms with van der Waals surface area (Å²) >= 11 is 7.49. The number of aromatic nitrogens is 2. The fourth-order valence-corrected chi connectivity index (χ4v) is 4.36. The molecule has 3 nitrogen and oxygen atoms in total. The van der Waals surface area contributed by atoms with E-state index in [1.165, 1.54) is 24.8 Å². The predicted octanol–water partition coefficient (Wildman–Crippen LogP) is 4.16. The Kier molecular flexibility index (Phi) is 3.58. The molecule has 2 unspecified atom stereocenters. The van der Waals surface area contributed by atoms with Gasteiger partial charge in [0.1, 0.15) is 5.75 Å². The van der Waals surface area contributed by atoms with Crippen molar-refractivity contribution in [2.45, 2.75) is 30.6 Å². The molecule has 19 heavy (non-hydrogen) atoms. The van der Waals surface area contributed by atoms with E-state index in [0.717, 1.165) is 16.0 Å². The minimum atomic E-state index is 0.518. The molecule has 1 aliphatic rings. The Morgan fingerprint density at radius 3 is 3.00 bits per heavy atom. The van der Waals surface area contributed by atoms with Gasteiger partial charge in [-0.2, -0.15) is 11.8 Å². The maximum atomic E-state index is 5.53. The zero-order valence-electron chi connectivity index (χ0n) is 11.2. The van der Waals surface area contributed by atoms with E-state index in [0.29, 0.717) is 11.3 Å². The Bertz CT molecular complexity index is 646. The molecule has 0 radical (unpaired) electrons. The van der Waals surface area contributed by atoms with E-state index >= 15 is 0 Å². The number of hydrogen-bond donors (Lipinski definition) is 1. The van der Waals surface area contributed by atoms with Gasteiger partial charge in [-0.05, 0) is 43.4 Å². The lowest BCUT2D eigenvalue weighted by atomic mass is 10.2. The lowest BCUT2D eigenvalue weighted by molar-refractivity contribution is 0.415. The molecule has 1 N–H and O–H groups in total. The number of nitrogens with one attached hydrogen (secondary N) is 1. The number of rotatable bonds is 3. The third-order valence-corrected chi connectivity index (χ3v) is 5.43. The SMILES string of the molecule is COc1ccc2c(c1)[nH]c(=S)n2C1CCCC1SC. The van der Waals surface area contributed by atoms with E-state index in [4.69, 9.17) is 17.0 Å². The summed E-state index contributed by atoms with van der Waals surface area (Å²) in [5.74, 6) is 0.865. The molecule has 1 aliphatic carbocycles. The molecule has 0 saturated heterocycles. The molecule has 102 valence electrons. The second kappa shape index (κ2) is 5.21. The molecule has 0 spiro atoms. The number of imidazole rings is 1. The lowest BCUT2D eigenvalue weighted by Crippen LogP contribution is -2.15. The van der Waals surface area contributed by atoms with Crippen LogP contribution in [0.3, 0.4) is 0 Å². The topological polar surface area (TPSA) is 29.9 Å². The van der Waals surface area contributed by atoms with Gasteiger partial charge in [-0.15, -0.1) is 0 Å². The first-order chi connectivity index (χ1) is 9.24. The normalized spacial score (nSPS) is 23.1. The van der Waals surface area contributed by atoms with Crippen molar-refractivity contribution in [3.8, 4) is 5.75 Å². The number of methoxy groups -OCH3 is 1. The lowest BCUT2D eigenvalue weighted by Gasteiger charge is -2.20. The summed E-state index contributed by atoms with van der Waals surface area (Å²) in [7, 11) is 1.69. The number of aromatic amines is 1. The summed E-state index contributed by atoms with van der Waals surface area (Å²) in [4.78, 5) is 3.31. The van der Waals surface area contributed by atoms with Crippen molar-refractivity contribution in [2.24, 2.45) is 0 Å². The van der Waals surface area contributed by atoms with Crippen molar-refractivity contribution in [1.82, 2.24) is 9.55 Å². The second-order valence-electron chi connectivity index (χ2n) is 4.96. The average molecular weight is 294 g/mol. The van der Waals surface area contributed by atoms with Crippen LogP contribution in [0.4, 0.5) is 0 Å². The smallest absolute Gasteiger partial charge is 0.178 e. The van der Waals surface area contributed by atoms with Gasteiger partial charge in [0.05, 0.1) is 18.1 Å². The predicted molar refractivity (Wildman–Crippen MR) is 83.9 cm³/mol. The number of hydrogen-bond acceptors (Lipinski definition) is 3. The summed E-state index contributed by atoms with van der Waals surface area (Å²) in [6.07, 6.45) is 6.00. The van der Waals surface area contributed by atoms with Crippen LogP contribution >= 0.6 is 24.0 Å². The molecule has 0 bridgehead atoms. The van der Waals surface area contributed by atoms with E-state index in [1.54, 1.807) is 7.11 Å². The second-order valence-corrected chi connectivity index (χ2v) is 6.42. The van der Waals surface area contributed by atoms with Gasteiger partial charge in [0, 0.05) is 17.4 Å². The molecular weight excluding hydrogens is 276 g/mol. The molecule has 3 rings (SSSR count). The first-order valence-corrected chi connectivity index (χ1v) is 8.25. The Hall–Kier alpha value is -0.940. The van der Waals surface area contributed by atoms with E-state index in [1.807, 2.05) is 23.9 Å². The van der Waals surface area contributed by atoms with E-state index in [9.17, 15) is 0 Å². The van der Waals surface area contributed by atoms with E-state index in [2.05, 4.69) is 21.9 Å². The highest BCUT2D eigenvalue weighted by atomic mass is 32.2. The Labute approximate surface area is 122 Å². The van der Waals surface area contributed by atoms with Crippen LogP contribution in [0.25, 0.3) is 11.0 Å². The van der Waals surface area contributed by atoms with Gasteiger partial charge in [-0.1, -0.05) is 6.42 Å². The number of fused-ring (bicyclic) bond motifs is 1. The Morgan fingerprint density at radius 1 is 1.42 bits per heavy atom. The standard InChI is InChI=1S/C14H18N2OS2/c1-17-9-6-7-11-10(8-9)15-14(18)16(11)12-4-3-5-13(12)19-2/h6-8,12-13H,3-5H2,1-2H3,(H,15,18). The fourth-order valence-electron chi connectivity index (χ4n) is 3.04. The van der Waals surface area contributed by atoms with Crippen LogP contribution < -0.4 is 4.74 Å². The third-order valence-electron chi connectivity index (χ3n) is 3.98. The van der Waals surface area contributed by atoms with Crippen molar-refractivity contribution < 1.29 is 4.74 Å². The summed E-state index contributed by atoms with van der Waals surface area (Å²) in [5, 5.41) is 0.674. The number of nitrogens with zero attached hydrogens (tertiary/aromatic N) is 1.